The molecule has 18 heavy (non-hydrogen) atoms. The predicted octanol–water partition coefficient (Wildman–Crippen LogP) is 2.04. The first-order valence-electron chi connectivity index (χ1n) is 5.26. The Morgan fingerprint density at radius 1 is 1.28 bits per heavy atom. The Morgan fingerprint density at radius 3 is 2.50 bits per heavy atom. The summed E-state index contributed by atoms with van der Waals surface area (Å²) < 4.78 is 73.2. The maximum atomic E-state index is 12.7. The molecule has 0 saturated carbocycles. The highest BCUT2D eigenvalue weighted by molar-refractivity contribution is 7.85. The van der Waals surface area contributed by atoms with Crippen molar-refractivity contribution in [1.29, 1.82) is 0 Å². The lowest BCUT2D eigenvalue weighted by atomic mass is 10.2. The van der Waals surface area contributed by atoms with Crippen molar-refractivity contribution in [1.82, 2.24) is 9.55 Å². The predicted molar refractivity (Wildman–Crippen MR) is 53.9 cm³/mol. The van der Waals surface area contributed by atoms with Crippen LogP contribution in [0.3, 0.4) is 0 Å². The Bertz CT molecular complexity index is 562. The minimum atomic E-state index is -5.02. The van der Waals surface area contributed by atoms with Crippen molar-refractivity contribution in [3.63, 3.8) is 0 Å². The van der Waals surface area contributed by atoms with Crippen LogP contribution in [-0.2, 0) is 35.1 Å². The molecule has 1 aliphatic rings. The van der Waals surface area contributed by atoms with Gasteiger partial charge in [0.05, 0.1) is 5.69 Å². The fraction of sp³-hybridized carbons (Fsp3) is 0.667. The number of fused-ring (bicyclic) bond motifs is 1. The number of hydrogen-bond acceptors (Lipinski definition) is 3. The van der Waals surface area contributed by atoms with Crippen molar-refractivity contribution in [3.8, 4) is 0 Å². The topological polar surface area (TPSA) is 52.0 Å². The third-order valence-corrected chi connectivity index (χ3v) is 3.38. The lowest BCUT2D eigenvalue weighted by Gasteiger charge is -2.15. The summed E-state index contributed by atoms with van der Waals surface area (Å²) in [6.07, 6.45) is -3.12. The van der Waals surface area contributed by atoms with Crippen molar-refractivity contribution in [2.24, 2.45) is 0 Å². The van der Waals surface area contributed by atoms with Gasteiger partial charge in [-0.25, -0.2) is 4.98 Å². The minimum Gasteiger partial charge on any atom is -0.330 e. The Morgan fingerprint density at radius 2 is 1.94 bits per heavy atom. The van der Waals surface area contributed by atoms with Gasteiger partial charge >= 0.3 is 16.4 Å². The van der Waals surface area contributed by atoms with Crippen LogP contribution in [0.4, 0.5) is 17.1 Å². The van der Waals surface area contributed by atoms with E-state index in [9.17, 15) is 25.5 Å². The molecule has 0 N–H and O–H groups in total. The van der Waals surface area contributed by atoms with Gasteiger partial charge in [-0.2, -0.15) is 21.6 Å². The minimum absolute atomic E-state index is 0.173. The third kappa shape index (κ3) is 2.65. The van der Waals surface area contributed by atoms with E-state index in [0.29, 0.717) is 19.3 Å². The zero-order chi connectivity index (χ0) is 13.6. The molecule has 1 aromatic rings. The first-order valence-corrected chi connectivity index (χ1v) is 6.81. The molecule has 0 bridgehead atoms. The van der Waals surface area contributed by atoms with Crippen molar-refractivity contribution < 1.29 is 25.5 Å². The Kier molecular flexibility index (Phi) is 3.12. The highest BCUT2D eigenvalue weighted by Crippen LogP contribution is 2.34. The first kappa shape index (κ1) is 13.3. The van der Waals surface area contributed by atoms with Crippen molar-refractivity contribution in [2.75, 3.05) is 0 Å². The van der Waals surface area contributed by atoms with E-state index >= 15 is 0 Å². The zero-order valence-electron chi connectivity index (χ0n) is 9.17. The summed E-state index contributed by atoms with van der Waals surface area (Å²) in [5.74, 6) is -1.11. The van der Waals surface area contributed by atoms with Crippen LogP contribution in [-0.4, -0.2) is 18.0 Å². The summed E-state index contributed by atoms with van der Waals surface area (Å²) in [4.78, 5) is 3.41. The second-order valence-corrected chi connectivity index (χ2v) is 5.48. The number of hydrogen-bond donors (Lipinski definition) is 0. The molecule has 2 heterocycles. The van der Waals surface area contributed by atoms with Gasteiger partial charge in [0.15, 0.2) is 5.69 Å². The molecule has 0 unspecified atom stereocenters. The van der Waals surface area contributed by atoms with Gasteiger partial charge in [0.2, 0.25) is 0 Å². The molecule has 0 spiro atoms. The number of alkyl halides is 3. The summed E-state index contributed by atoms with van der Waals surface area (Å²) in [7, 11) is -5.02. The largest absolute Gasteiger partial charge is 0.435 e. The standard InChI is InChI=1S/C9H10F4N2O2S/c10-9(11,12)8-6(5-18(13,16)17)15-4-2-1-3-7(15)14-8/h1-5H2. The fourth-order valence-corrected chi connectivity index (χ4v) is 2.70. The number of aromatic nitrogens is 2. The highest BCUT2D eigenvalue weighted by atomic mass is 32.3. The number of aryl methyl sites for hydroxylation is 1. The van der Waals surface area contributed by atoms with Gasteiger partial charge in [-0.05, 0) is 12.8 Å². The highest BCUT2D eigenvalue weighted by Gasteiger charge is 2.40. The molecule has 0 aliphatic carbocycles. The Hall–Kier alpha value is -1.12. The normalized spacial score (nSPS) is 16.7. The number of imidazole rings is 1. The van der Waals surface area contributed by atoms with Crippen LogP contribution in [0.5, 0.6) is 0 Å². The Labute approximate surface area is 101 Å². The molecule has 0 aromatic carbocycles. The van der Waals surface area contributed by atoms with Crippen LogP contribution in [0, 0.1) is 0 Å². The van der Waals surface area contributed by atoms with E-state index in [4.69, 9.17) is 0 Å². The van der Waals surface area contributed by atoms with E-state index in [1.807, 2.05) is 0 Å². The maximum Gasteiger partial charge on any atom is 0.435 e. The van der Waals surface area contributed by atoms with Crippen molar-refractivity contribution >= 4 is 10.2 Å². The molecule has 0 radical (unpaired) electrons. The lowest BCUT2D eigenvalue weighted by Crippen LogP contribution is -2.16. The van der Waals surface area contributed by atoms with E-state index in [-0.39, 0.29) is 12.4 Å². The molecule has 9 heteroatoms. The van der Waals surface area contributed by atoms with Gasteiger partial charge in [-0.3, -0.25) is 0 Å². The third-order valence-electron chi connectivity index (χ3n) is 2.76. The quantitative estimate of drug-likeness (QED) is 0.617. The fourth-order valence-electron chi connectivity index (χ4n) is 2.08. The molecular formula is C9H10F4N2O2S. The van der Waals surface area contributed by atoms with Gasteiger partial charge in [0.1, 0.15) is 11.6 Å². The van der Waals surface area contributed by atoms with Gasteiger partial charge in [-0.1, -0.05) is 0 Å². The van der Waals surface area contributed by atoms with E-state index in [1.54, 1.807) is 0 Å². The summed E-state index contributed by atoms with van der Waals surface area (Å²) >= 11 is 0. The Balaban J connectivity index is 2.56. The molecule has 4 nitrogen and oxygen atoms in total. The number of nitrogens with zero attached hydrogens (tertiary/aromatic N) is 2. The molecule has 1 aliphatic heterocycles. The average Bonchev–Trinajstić information content (AvgIpc) is 2.55. The SMILES string of the molecule is O=S(=O)(F)Cc1c(C(F)(F)F)nc2n1CCCC2. The van der Waals surface area contributed by atoms with E-state index < -0.39 is 33.5 Å². The van der Waals surface area contributed by atoms with E-state index in [1.165, 1.54) is 4.57 Å². The van der Waals surface area contributed by atoms with Gasteiger partial charge < -0.3 is 4.57 Å². The monoisotopic (exact) mass is 286 g/mol. The van der Waals surface area contributed by atoms with E-state index in [2.05, 4.69) is 4.98 Å². The van der Waals surface area contributed by atoms with Crippen molar-refractivity contribution in [2.45, 2.75) is 37.7 Å². The van der Waals surface area contributed by atoms with E-state index in [0.717, 1.165) is 0 Å². The summed E-state index contributed by atoms with van der Waals surface area (Å²) in [6.45, 7) is 0.239. The smallest absolute Gasteiger partial charge is 0.330 e. The van der Waals surface area contributed by atoms with Crippen LogP contribution in [0.25, 0.3) is 0 Å². The van der Waals surface area contributed by atoms with Crippen LogP contribution >= 0.6 is 0 Å². The molecule has 102 valence electrons. The van der Waals surface area contributed by atoms with Gasteiger partial charge in [-0.15, -0.1) is 3.89 Å². The maximum absolute atomic E-state index is 12.7. The molecule has 0 saturated heterocycles. The molecule has 0 amide bonds. The second-order valence-electron chi connectivity index (χ2n) is 4.11. The number of halogens is 4. The second kappa shape index (κ2) is 4.22. The van der Waals surface area contributed by atoms with Crippen LogP contribution in [0.2, 0.25) is 0 Å². The van der Waals surface area contributed by atoms with Gasteiger partial charge in [0, 0.05) is 13.0 Å². The molecular weight excluding hydrogens is 276 g/mol. The molecule has 0 atom stereocenters. The van der Waals surface area contributed by atoms with Gasteiger partial charge in [0.25, 0.3) is 0 Å². The summed E-state index contributed by atoms with van der Waals surface area (Å²) in [5, 5.41) is 0. The lowest BCUT2D eigenvalue weighted by molar-refractivity contribution is -0.141. The average molecular weight is 286 g/mol. The molecule has 1 aromatic heterocycles. The van der Waals surface area contributed by atoms with Crippen LogP contribution < -0.4 is 0 Å². The number of rotatable bonds is 2. The van der Waals surface area contributed by atoms with Crippen molar-refractivity contribution in [3.05, 3.63) is 17.2 Å². The molecule has 0 fully saturated rings. The molecule has 2 rings (SSSR count). The summed E-state index contributed by atoms with van der Waals surface area (Å²) in [6, 6.07) is 0. The van der Waals surface area contributed by atoms with Crippen LogP contribution in [0.15, 0.2) is 0 Å². The van der Waals surface area contributed by atoms with Crippen LogP contribution in [0.1, 0.15) is 30.1 Å². The first-order chi connectivity index (χ1) is 8.18. The zero-order valence-corrected chi connectivity index (χ0v) is 9.98. The summed E-state index contributed by atoms with van der Waals surface area (Å²) in [5.41, 5.74) is -1.89.